The van der Waals surface area contributed by atoms with Crippen molar-refractivity contribution < 1.29 is 9.53 Å². The van der Waals surface area contributed by atoms with E-state index in [0.717, 1.165) is 0 Å². The number of H-pyrrole nitrogens is 1. The van der Waals surface area contributed by atoms with E-state index in [0.29, 0.717) is 17.5 Å². The van der Waals surface area contributed by atoms with Crippen molar-refractivity contribution in [1.29, 1.82) is 0 Å². The lowest BCUT2D eigenvalue weighted by molar-refractivity contribution is 0.0988. The number of methoxy groups -OCH3 is 1. The van der Waals surface area contributed by atoms with Gasteiger partial charge < -0.3 is 15.5 Å². The molecule has 1 aliphatic carbocycles. The third kappa shape index (κ3) is 1.65. The van der Waals surface area contributed by atoms with E-state index < -0.39 is 5.91 Å². The Morgan fingerprint density at radius 2 is 2.38 bits per heavy atom. The van der Waals surface area contributed by atoms with Crippen LogP contribution in [0.15, 0.2) is 16.9 Å². The number of carbonyl (C=O) groups excluding carboxylic acids is 1. The molecule has 1 aromatic heterocycles. The molecule has 1 unspecified atom stereocenters. The van der Waals surface area contributed by atoms with Crippen molar-refractivity contribution in [3.8, 4) is 0 Å². The lowest BCUT2D eigenvalue weighted by atomic mass is 9.95. The fourth-order valence-electron chi connectivity index (χ4n) is 1.84. The van der Waals surface area contributed by atoms with Crippen LogP contribution >= 0.6 is 0 Å². The van der Waals surface area contributed by atoms with Gasteiger partial charge in [0.15, 0.2) is 0 Å². The molecule has 0 aliphatic heterocycles. The van der Waals surface area contributed by atoms with Gasteiger partial charge in [-0.15, -0.1) is 0 Å². The predicted octanol–water partition coefficient (Wildman–Crippen LogP) is 0.578. The number of ether oxygens (including phenoxy) is 1. The van der Waals surface area contributed by atoms with Gasteiger partial charge in [0.2, 0.25) is 0 Å². The zero-order chi connectivity index (χ0) is 11.7. The molecule has 0 aromatic carbocycles. The molecule has 1 aliphatic rings. The average Bonchev–Trinajstić information content (AvgIpc) is 2.27. The first-order valence-corrected chi connectivity index (χ1v) is 4.90. The minimum Gasteiger partial charge on any atom is -0.376 e. The van der Waals surface area contributed by atoms with E-state index in [9.17, 15) is 9.59 Å². The minimum absolute atomic E-state index is 0.116. The molecular formula is C11H12N2O3. The average molecular weight is 220 g/mol. The van der Waals surface area contributed by atoms with Crippen LogP contribution in [-0.2, 0) is 4.74 Å². The molecule has 16 heavy (non-hydrogen) atoms. The Morgan fingerprint density at radius 1 is 1.62 bits per heavy atom. The van der Waals surface area contributed by atoms with E-state index in [1.54, 1.807) is 19.3 Å². The van der Waals surface area contributed by atoms with Crippen molar-refractivity contribution in [2.45, 2.75) is 12.5 Å². The van der Waals surface area contributed by atoms with Crippen LogP contribution in [0.2, 0.25) is 0 Å². The molecule has 0 spiro atoms. The molecule has 0 fully saturated rings. The minimum atomic E-state index is -0.646. The van der Waals surface area contributed by atoms with E-state index >= 15 is 0 Å². The van der Waals surface area contributed by atoms with Crippen LogP contribution in [0.4, 0.5) is 0 Å². The Kier molecular flexibility index (Phi) is 2.62. The molecule has 0 saturated heterocycles. The van der Waals surface area contributed by atoms with E-state index in [4.69, 9.17) is 10.5 Å². The lowest BCUT2D eigenvalue weighted by Crippen LogP contribution is -2.25. The molecule has 0 radical (unpaired) electrons. The van der Waals surface area contributed by atoms with E-state index in [1.807, 2.05) is 6.08 Å². The first-order chi connectivity index (χ1) is 7.63. The summed E-state index contributed by atoms with van der Waals surface area (Å²) in [6, 6.07) is 1.57. The summed E-state index contributed by atoms with van der Waals surface area (Å²) in [5, 5.41) is 0. The third-order valence-corrected chi connectivity index (χ3v) is 2.62. The summed E-state index contributed by atoms with van der Waals surface area (Å²) in [5.41, 5.74) is 6.16. The third-order valence-electron chi connectivity index (χ3n) is 2.62. The number of nitrogens with two attached hydrogens (primary N) is 1. The second kappa shape index (κ2) is 3.94. The summed E-state index contributed by atoms with van der Waals surface area (Å²) in [6.45, 7) is 0. The maximum atomic E-state index is 11.8. The quantitative estimate of drug-likeness (QED) is 0.764. The highest BCUT2D eigenvalue weighted by molar-refractivity contribution is 5.91. The standard InChI is InChI=1S/C11H12N2O3/c1-16-8-4-2-3-6-5-7(10(12)14)13-11(15)9(6)8/h2-3,5,8H,4H2,1H3,(H2,12,14)(H,13,15). The van der Waals surface area contributed by atoms with Crippen molar-refractivity contribution in [1.82, 2.24) is 4.98 Å². The number of pyridine rings is 1. The molecule has 3 N–H and O–H groups in total. The van der Waals surface area contributed by atoms with Crippen LogP contribution in [0.3, 0.4) is 0 Å². The van der Waals surface area contributed by atoms with Gasteiger partial charge in [0.05, 0.1) is 11.7 Å². The smallest absolute Gasteiger partial charge is 0.265 e. The number of aromatic amines is 1. The van der Waals surface area contributed by atoms with Gasteiger partial charge in [0.25, 0.3) is 11.5 Å². The van der Waals surface area contributed by atoms with Gasteiger partial charge >= 0.3 is 0 Å². The molecule has 1 aromatic rings. The van der Waals surface area contributed by atoms with Gasteiger partial charge in [-0.1, -0.05) is 12.2 Å². The molecule has 5 nitrogen and oxygen atoms in total. The fraction of sp³-hybridized carbons (Fsp3) is 0.273. The lowest BCUT2D eigenvalue weighted by Gasteiger charge is -2.19. The van der Waals surface area contributed by atoms with Crippen LogP contribution in [0.1, 0.15) is 34.1 Å². The van der Waals surface area contributed by atoms with Crippen molar-refractivity contribution in [3.05, 3.63) is 39.3 Å². The van der Waals surface area contributed by atoms with E-state index in [1.165, 1.54) is 0 Å². The monoisotopic (exact) mass is 220 g/mol. The molecule has 1 atom stereocenters. The Hall–Kier alpha value is -1.88. The largest absolute Gasteiger partial charge is 0.376 e. The topological polar surface area (TPSA) is 85.2 Å². The van der Waals surface area contributed by atoms with Crippen molar-refractivity contribution in [3.63, 3.8) is 0 Å². The highest BCUT2D eigenvalue weighted by Gasteiger charge is 2.21. The van der Waals surface area contributed by atoms with E-state index in [2.05, 4.69) is 4.98 Å². The molecule has 0 saturated carbocycles. The highest BCUT2D eigenvalue weighted by atomic mass is 16.5. The van der Waals surface area contributed by atoms with Crippen LogP contribution in [0.25, 0.3) is 6.08 Å². The number of amides is 1. The Bertz CT molecular complexity index is 516. The van der Waals surface area contributed by atoms with Crippen molar-refractivity contribution in [2.24, 2.45) is 5.73 Å². The van der Waals surface area contributed by atoms with Crippen LogP contribution < -0.4 is 11.3 Å². The molecule has 1 amide bonds. The molecular weight excluding hydrogens is 208 g/mol. The van der Waals surface area contributed by atoms with Crippen molar-refractivity contribution >= 4 is 12.0 Å². The van der Waals surface area contributed by atoms with Gasteiger partial charge in [-0.05, 0) is 18.1 Å². The first-order valence-electron chi connectivity index (χ1n) is 4.90. The number of rotatable bonds is 2. The number of fused-ring (bicyclic) bond motifs is 1. The summed E-state index contributed by atoms with van der Waals surface area (Å²) in [4.78, 5) is 25.2. The maximum Gasteiger partial charge on any atom is 0.265 e. The second-order valence-electron chi connectivity index (χ2n) is 3.61. The van der Waals surface area contributed by atoms with Gasteiger partial charge in [0.1, 0.15) is 5.69 Å². The molecule has 1 heterocycles. The SMILES string of the molecule is COC1CC=Cc2cc(C(N)=O)[nH]c(=O)c21. The van der Waals surface area contributed by atoms with Crippen LogP contribution in [-0.4, -0.2) is 18.0 Å². The van der Waals surface area contributed by atoms with Crippen molar-refractivity contribution in [2.75, 3.05) is 7.11 Å². The zero-order valence-electron chi connectivity index (χ0n) is 8.82. The molecule has 2 rings (SSSR count). The Labute approximate surface area is 91.9 Å². The summed E-state index contributed by atoms with van der Waals surface area (Å²) in [5.74, 6) is -0.646. The molecule has 5 heteroatoms. The highest BCUT2D eigenvalue weighted by Crippen LogP contribution is 2.27. The van der Waals surface area contributed by atoms with Gasteiger partial charge in [-0.3, -0.25) is 9.59 Å². The van der Waals surface area contributed by atoms with Crippen LogP contribution in [0, 0.1) is 0 Å². The number of hydrogen-bond acceptors (Lipinski definition) is 3. The molecule has 84 valence electrons. The Balaban J connectivity index is 2.63. The van der Waals surface area contributed by atoms with Crippen LogP contribution in [0.5, 0.6) is 0 Å². The van der Waals surface area contributed by atoms with E-state index in [-0.39, 0.29) is 17.4 Å². The number of primary amides is 1. The number of carbonyl (C=O) groups is 1. The molecule has 0 bridgehead atoms. The second-order valence-corrected chi connectivity index (χ2v) is 3.61. The van der Waals surface area contributed by atoms with Gasteiger partial charge in [-0.25, -0.2) is 0 Å². The Morgan fingerprint density at radius 3 is 3.00 bits per heavy atom. The maximum absolute atomic E-state index is 11.8. The number of hydrogen-bond donors (Lipinski definition) is 2. The summed E-state index contributed by atoms with van der Waals surface area (Å²) < 4.78 is 5.21. The zero-order valence-corrected chi connectivity index (χ0v) is 8.82. The van der Waals surface area contributed by atoms with Gasteiger partial charge in [0, 0.05) is 7.11 Å². The first kappa shape index (κ1) is 10.6. The summed E-state index contributed by atoms with van der Waals surface area (Å²) in [6.07, 6.45) is 4.10. The number of aromatic nitrogens is 1. The normalized spacial score (nSPS) is 18.2. The summed E-state index contributed by atoms with van der Waals surface area (Å²) >= 11 is 0. The summed E-state index contributed by atoms with van der Waals surface area (Å²) in [7, 11) is 1.55. The van der Waals surface area contributed by atoms with Gasteiger partial charge in [-0.2, -0.15) is 0 Å². The predicted molar refractivity (Wildman–Crippen MR) is 59.0 cm³/mol. The fourth-order valence-corrected chi connectivity index (χ4v) is 1.84. The number of nitrogens with one attached hydrogen (secondary N) is 1.